The van der Waals surface area contributed by atoms with Gasteiger partial charge in [-0.05, 0) is 61.2 Å². The van der Waals surface area contributed by atoms with Crippen LogP contribution in [0.1, 0.15) is 38.2 Å². The molecule has 188 valence electrons. The molecule has 0 radical (unpaired) electrons. The van der Waals surface area contributed by atoms with Gasteiger partial charge in [-0.2, -0.15) is 0 Å². The number of anilines is 1. The Morgan fingerprint density at radius 3 is 2.53 bits per heavy atom. The van der Waals surface area contributed by atoms with E-state index in [0.29, 0.717) is 29.6 Å². The number of aromatic nitrogens is 1. The predicted molar refractivity (Wildman–Crippen MR) is 137 cm³/mol. The van der Waals surface area contributed by atoms with Gasteiger partial charge in [0.25, 0.3) is 0 Å². The van der Waals surface area contributed by atoms with Crippen LogP contribution >= 0.6 is 0 Å². The van der Waals surface area contributed by atoms with Gasteiger partial charge in [0.2, 0.25) is 22.7 Å². The van der Waals surface area contributed by atoms with Crippen molar-refractivity contribution in [2.75, 3.05) is 25.7 Å². The number of carbonyl (C=O) groups excluding carboxylic acids is 1. The van der Waals surface area contributed by atoms with Gasteiger partial charge in [0.1, 0.15) is 5.82 Å². The summed E-state index contributed by atoms with van der Waals surface area (Å²) in [4.78, 5) is 18.1. The molecule has 2 aliphatic rings. The van der Waals surface area contributed by atoms with Crippen LogP contribution in [-0.2, 0) is 20.2 Å². The minimum Gasteiger partial charge on any atom is -0.454 e. The van der Waals surface area contributed by atoms with E-state index in [4.69, 9.17) is 9.47 Å². The number of benzene rings is 2. The van der Waals surface area contributed by atoms with Crippen molar-refractivity contribution in [3.8, 4) is 22.8 Å². The number of ether oxygens (including phenoxy) is 2. The molecule has 0 spiro atoms. The monoisotopic (exact) mass is 507 g/mol. The number of amides is 1. The van der Waals surface area contributed by atoms with E-state index in [1.165, 1.54) is 4.31 Å². The van der Waals surface area contributed by atoms with E-state index >= 15 is 0 Å². The summed E-state index contributed by atoms with van der Waals surface area (Å²) in [5, 5.41) is 2.97. The van der Waals surface area contributed by atoms with Crippen LogP contribution in [0, 0.1) is 0 Å². The zero-order chi connectivity index (χ0) is 25.3. The number of fused-ring (bicyclic) bond motifs is 1. The third-order valence-electron chi connectivity index (χ3n) is 6.79. The van der Waals surface area contributed by atoms with Crippen molar-refractivity contribution in [3.63, 3.8) is 0 Å². The third-order valence-corrected chi connectivity index (χ3v) is 8.66. The zero-order valence-corrected chi connectivity index (χ0v) is 21.2. The molecular weight excluding hydrogens is 478 g/mol. The lowest BCUT2D eigenvalue weighted by Crippen LogP contribution is -2.28. The number of rotatable bonds is 9. The average molecular weight is 508 g/mol. The summed E-state index contributed by atoms with van der Waals surface area (Å²) in [6, 6.07) is 17.7. The fourth-order valence-corrected chi connectivity index (χ4v) is 5.56. The summed E-state index contributed by atoms with van der Waals surface area (Å²) < 4.78 is 37.8. The van der Waals surface area contributed by atoms with Crippen LogP contribution in [0.25, 0.3) is 11.3 Å². The highest BCUT2D eigenvalue weighted by Gasteiger charge is 2.51. The van der Waals surface area contributed by atoms with Crippen LogP contribution in [0.15, 0.2) is 65.6 Å². The molecule has 8 nitrogen and oxygen atoms in total. The van der Waals surface area contributed by atoms with Gasteiger partial charge in [-0.25, -0.2) is 17.7 Å². The molecule has 0 bridgehead atoms. The lowest BCUT2D eigenvalue weighted by Gasteiger charge is -2.17. The molecule has 0 unspecified atom stereocenters. The Morgan fingerprint density at radius 1 is 1.06 bits per heavy atom. The van der Waals surface area contributed by atoms with Crippen LogP contribution < -0.4 is 14.8 Å². The van der Waals surface area contributed by atoms with Gasteiger partial charge in [0, 0.05) is 19.2 Å². The van der Waals surface area contributed by atoms with Gasteiger partial charge in [0.15, 0.2) is 11.5 Å². The van der Waals surface area contributed by atoms with Gasteiger partial charge < -0.3 is 14.8 Å². The van der Waals surface area contributed by atoms with Crippen molar-refractivity contribution in [2.45, 2.75) is 42.9 Å². The summed E-state index contributed by atoms with van der Waals surface area (Å²) in [6.07, 6.45) is 3.24. The Labute approximate surface area is 211 Å². The fourth-order valence-electron chi connectivity index (χ4n) is 4.35. The average Bonchev–Trinajstić information content (AvgIpc) is 3.58. The van der Waals surface area contributed by atoms with Gasteiger partial charge in [-0.1, -0.05) is 37.6 Å². The number of hydrogen-bond donors (Lipinski definition) is 1. The fraction of sp³-hybridized carbons (Fsp3) is 0.333. The maximum absolute atomic E-state index is 13.2. The number of nitrogens with one attached hydrogen (secondary N) is 1. The van der Waals surface area contributed by atoms with Gasteiger partial charge in [-0.15, -0.1) is 0 Å². The lowest BCUT2D eigenvalue weighted by atomic mass is 9.94. The van der Waals surface area contributed by atoms with Gasteiger partial charge in [0.05, 0.1) is 16.0 Å². The molecule has 1 N–H and O–H groups in total. The van der Waals surface area contributed by atoms with Gasteiger partial charge in [-0.3, -0.25) is 4.79 Å². The van der Waals surface area contributed by atoms with Crippen molar-refractivity contribution >= 4 is 21.7 Å². The summed E-state index contributed by atoms with van der Waals surface area (Å²) >= 11 is 0. The highest BCUT2D eigenvalue weighted by molar-refractivity contribution is 7.89. The molecule has 5 rings (SSSR count). The molecule has 3 aromatic rings. The molecule has 1 saturated carbocycles. The first kappa shape index (κ1) is 24.3. The number of pyridine rings is 1. The van der Waals surface area contributed by atoms with E-state index in [9.17, 15) is 13.2 Å². The Hall–Kier alpha value is -3.43. The molecule has 2 aromatic carbocycles. The summed E-state index contributed by atoms with van der Waals surface area (Å²) in [5.41, 5.74) is 1.71. The second-order valence-electron chi connectivity index (χ2n) is 9.22. The Kier molecular flexibility index (Phi) is 6.44. The molecule has 1 amide bonds. The Morgan fingerprint density at radius 2 is 1.81 bits per heavy atom. The normalized spacial score (nSPS) is 15.6. The van der Waals surface area contributed by atoms with Crippen LogP contribution in [0.5, 0.6) is 11.5 Å². The molecule has 1 aliphatic carbocycles. The zero-order valence-electron chi connectivity index (χ0n) is 20.4. The second kappa shape index (κ2) is 9.55. The Balaban J connectivity index is 1.31. The van der Waals surface area contributed by atoms with E-state index in [-0.39, 0.29) is 17.6 Å². The standard InChI is InChI=1S/C27H29N3O5S/c1-3-4-16-30(2)36(32,33)21-11-8-19(9-12-21)22-6-5-7-25(28-22)29-26(31)27(14-15-27)20-10-13-23-24(17-20)35-18-34-23/h5-13,17H,3-4,14-16,18H2,1-2H3,(H,28,29,31). The molecule has 1 aromatic heterocycles. The molecule has 1 aliphatic heterocycles. The van der Waals surface area contributed by atoms with Gasteiger partial charge >= 0.3 is 0 Å². The van der Waals surface area contributed by atoms with Crippen LogP contribution in [0.4, 0.5) is 5.82 Å². The summed E-state index contributed by atoms with van der Waals surface area (Å²) in [5.74, 6) is 1.69. The summed E-state index contributed by atoms with van der Waals surface area (Å²) in [7, 11) is -1.93. The van der Waals surface area contributed by atoms with Crippen LogP contribution in [-0.4, -0.2) is 44.0 Å². The third kappa shape index (κ3) is 4.56. The molecule has 36 heavy (non-hydrogen) atoms. The lowest BCUT2D eigenvalue weighted by molar-refractivity contribution is -0.118. The number of sulfonamides is 1. The molecule has 1 fully saturated rings. The van der Waals surface area contributed by atoms with Crippen molar-refractivity contribution < 1.29 is 22.7 Å². The van der Waals surface area contributed by atoms with E-state index < -0.39 is 15.4 Å². The minimum absolute atomic E-state index is 0.109. The van der Waals surface area contributed by atoms with Crippen LogP contribution in [0.2, 0.25) is 0 Å². The predicted octanol–water partition coefficient (Wildman–Crippen LogP) is 4.57. The number of unbranched alkanes of at least 4 members (excludes halogenated alkanes) is 1. The summed E-state index contributed by atoms with van der Waals surface area (Å²) in [6.45, 7) is 2.70. The van der Waals surface area contributed by atoms with Crippen molar-refractivity contribution in [1.82, 2.24) is 9.29 Å². The quantitative estimate of drug-likeness (QED) is 0.456. The van der Waals surface area contributed by atoms with Crippen LogP contribution in [0.3, 0.4) is 0 Å². The van der Waals surface area contributed by atoms with E-state index in [1.807, 2.05) is 37.3 Å². The molecular formula is C27H29N3O5S. The molecule has 0 saturated heterocycles. The van der Waals surface area contributed by atoms with E-state index in [2.05, 4.69) is 10.3 Å². The van der Waals surface area contributed by atoms with E-state index in [1.54, 1.807) is 37.4 Å². The molecule has 2 heterocycles. The number of nitrogens with zero attached hydrogens (tertiary/aromatic N) is 2. The van der Waals surface area contributed by atoms with E-state index in [0.717, 1.165) is 36.8 Å². The van der Waals surface area contributed by atoms with Crippen molar-refractivity contribution in [3.05, 3.63) is 66.2 Å². The minimum atomic E-state index is -3.53. The largest absolute Gasteiger partial charge is 0.454 e. The number of carbonyl (C=O) groups is 1. The first-order valence-corrected chi connectivity index (χ1v) is 13.5. The smallest absolute Gasteiger partial charge is 0.242 e. The Bertz CT molecular complexity index is 1380. The SMILES string of the molecule is CCCCN(C)S(=O)(=O)c1ccc(-c2cccc(NC(=O)C3(c4ccc5c(c4)OCO5)CC3)n2)cc1. The molecule has 9 heteroatoms. The maximum Gasteiger partial charge on any atom is 0.242 e. The first-order valence-electron chi connectivity index (χ1n) is 12.1. The topological polar surface area (TPSA) is 97.8 Å². The first-order chi connectivity index (χ1) is 17.3. The second-order valence-corrected chi connectivity index (χ2v) is 11.3. The van der Waals surface area contributed by atoms with Crippen molar-refractivity contribution in [2.24, 2.45) is 0 Å². The number of hydrogen-bond acceptors (Lipinski definition) is 6. The highest BCUT2D eigenvalue weighted by atomic mass is 32.2. The maximum atomic E-state index is 13.2. The highest BCUT2D eigenvalue weighted by Crippen LogP contribution is 2.51. The van der Waals surface area contributed by atoms with Crippen molar-refractivity contribution in [1.29, 1.82) is 0 Å². The molecule has 0 atom stereocenters.